The van der Waals surface area contributed by atoms with Crippen LogP contribution in [-0.4, -0.2) is 31.0 Å². The molecule has 0 fully saturated rings. The second kappa shape index (κ2) is 7.30. The van der Waals surface area contributed by atoms with Crippen LogP contribution in [0.15, 0.2) is 42.5 Å². The highest BCUT2D eigenvalue weighted by atomic mass is 16.5. The van der Waals surface area contributed by atoms with E-state index in [4.69, 9.17) is 10.00 Å². The number of hydrogen-bond donors (Lipinski definition) is 0. The molecule has 1 amide bonds. The number of nitriles is 1. The third-order valence-electron chi connectivity index (χ3n) is 3.31. The predicted octanol–water partition coefficient (Wildman–Crippen LogP) is 2.98. The molecule has 0 spiro atoms. The lowest BCUT2D eigenvalue weighted by molar-refractivity contribution is -0.130. The van der Waals surface area contributed by atoms with Crippen LogP contribution in [0.1, 0.15) is 12.8 Å². The second-order valence-electron chi connectivity index (χ2n) is 4.80. The first kappa shape index (κ1) is 14.9. The van der Waals surface area contributed by atoms with Gasteiger partial charge in [0.1, 0.15) is 5.75 Å². The van der Waals surface area contributed by atoms with E-state index in [1.165, 1.54) is 0 Å². The third kappa shape index (κ3) is 3.96. The number of rotatable bonds is 6. The van der Waals surface area contributed by atoms with Crippen LogP contribution in [0.5, 0.6) is 5.75 Å². The average Bonchev–Trinajstić information content (AvgIpc) is 2.52. The molecule has 0 atom stereocenters. The molecule has 0 aliphatic carbocycles. The topological polar surface area (TPSA) is 53.3 Å². The van der Waals surface area contributed by atoms with E-state index in [1.54, 1.807) is 11.9 Å². The van der Waals surface area contributed by atoms with Gasteiger partial charge in [-0.1, -0.05) is 36.4 Å². The summed E-state index contributed by atoms with van der Waals surface area (Å²) in [5, 5.41) is 10.7. The molecule has 2 aromatic carbocycles. The molecule has 2 aromatic rings. The summed E-state index contributed by atoms with van der Waals surface area (Å²) in [6.07, 6.45) is 0.664. The normalized spacial score (nSPS) is 10.1. The zero-order valence-corrected chi connectivity index (χ0v) is 12.1. The van der Waals surface area contributed by atoms with Crippen molar-refractivity contribution in [2.24, 2.45) is 0 Å². The molecule has 0 heterocycles. The minimum atomic E-state index is -0.00881. The van der Waals surface area contributed by atoms with Crippen LogP contribution in [0.4, 0.5) is 0 Å². The highest BCUT2D eigenvalue weighted by molar-refractivity contribution is 5.88. The van der Waals surface area contributed by atoms with Gasteiger partial charge in [0.15, 0.2) is 0 Å². The SMILES string of the molecule is CN(CCC#N)C(=O)CCOc1cccc2ccccc12. The average molecular weight is 282 g/mol. The maximum Gasteiger partial charge on any atom is 0.225 e. The quantitative estimate of drug-likeness (QED) is 0.818. The summed E-state index contributed by atoms with van der Waals surface area (Å²) in [4.78, 5) is 13.4. The Labute approximate surface area is 124 Å². The molecule has 4 nitrogen and oxygen atoms in total. The molecule has 0 saturated heterocycles. The molecule has 2 rings (SSSR count). The smallest absolute Gasteiger partial charge is 0.225 e. The molecule has 21 heavy (non-hydrogen) atoms. The molecule has 108 valence electrons. The summed E-state index contributed by atoms with van der Waals surface area (Å²) >= 11 is 0. The lowest BCUT2D eigenvalue weighted by atomic mass is 10.1. The third-order valence-corrected chi connectivity index (χ3v) is 3.31. The highest BCUT2D eigenvalue weighted by Crippen LogP contribution is 2.25. The first-order chi connectivity index (χ1) is 10.2. The van der Waals surface area contributed by atoms with Crippen molar-refractivity contribution in [1.82, 2.24) is 4.90 Å². The zero-order valence-electron chi connectivity index (χ0n) is 12.1. The van der Waals surface area contributed by atoms with Crippen LogP contribution < -0.4 is 4.74 Å². The number of ether oxygens (including phenoxy) is 1. The molecule has 0 unspecified atom stereocenters. The number of benzene rings is 2. The summed E-state index contributed by atoms with van der Waals surface area (Å²) in [6, 6.07) is 15.9. The van der Waals surface area contributed by atoms with E-state index in [1.807, 2.05) is 48.5 Å². The van der Waals surface area contributed by atoms with Crippen molar-refractivity contribution >= 4 is 16.7 Å². The van der Waals surface area contributed by atoms with E-state index in [0.29, 0.717) is 26.0 Å². The molecule has 4 heteroatoms. The molecule has 0 radical (unpaired) electrons. The van der Waals surface area contributed by atoms with Gasteiger partial charge >= 0.3 is 0 Å². The van der Waals surface area contributed by atoms with Crippen LogP contribution in [0.3, 0.4) is 0 Å². The largest absolute Gasteiger partial charge is 0.492 e. The predicted molar refractivity (Wildman–Crippen MR) is 81.9 cm³/mol. The van der Waals surface area contributed by atoms with Gasteiger partial charge in [-0.3, -0.25) is 4.79 Å². The maximum absolute atomic E-state index is 11.8. The van der Waals surface area contributed by atoms with Crippen molar-refractivity contribution in [3.8, 4) is 11.8 Å². The van der Waals surface area contributed by atoms with Gasteiger partial charge in [-0.05, 0) is 11.5 Å². The minimum absolute atomic E-state index is 0.00881. The molecular formula is C17H18N2O2. The Morgan fingerprint density at radius 2 is 2.00 bits per heavy atom. The number of amides is 1. The van der Waals surface area contributed by atoms with Crippen LogP contribution in [0, 0.1) is 11.3 Å². The van der Waals surface area contributed by atoms with Gasteiger partial charge in [0, 0.05) is 19.0 Å². The molecule has 0 saturated carbocycles. The maximum atomic E-state index is 11.8. The van der Waals surface area contributed by atoms with Gasteiger partial charge in [-0.15, -0.1) is 0 Å². The molecule has 0 aliphatic heterocycles. The Morgan fingerprint density at radius 1 is 1.24 bits per heavy atom. The van der Waals surface area contributed by atoms with E-state index in [0.717, 1.165) is 16.5 Å². The molecule has 0 aliphatic rings. The number of fused-ring (bicyclic) bond motifs is 1. The van der Waals surface area contributed by atoms with Crippen LogP contribution in [0.2, 0.25) is 0 Å². The Balaban J connectivity index is 1.91. The van der Waals surface area contributed by atoms with Crippen LogP contribution in [0.25, 0.3) is 10.8 Å². The lowest BCUT2D eigenvalue weighted by Gasteiger charge is -2.16. The Bertz CT molecular complexity index is 656. The molecule has 0 aromatic heterocycles. The van der Waals surface area contributed by atoms with E-state index in [2.05, 4.69) is 0 Å². The first-order valence-electron chi connectivity index (χ1n) is 6.94. The van der Waals surface area contributed by atoms with Gasteiger partial charge in [0.2, 0.25) is 5.91 Å². The van der Waals surface area contributed by atoms with Crippen molar-refractivity contribution in [1.29, 1.82) is 5.26 Å². The minimum Gasteiger partial charge on any atom is -0.492 e. The lowest BCUT2D eigenvalue weighted by Crippen LogP contribution is -2.28. The number of nitrogens with zero attached hydrogens (tertiary/aromatic N) is 2. The summed E-state index contributed by atoms with van der Waals surface area (Å²) in [5.74, 6) is 0.783. The summed E-state index contributed by atoms with van der Waals surface area (Å²) in [6.45, 7) is 0.799. The van der Waals surface area contributed by atoms with Crippen molar-refractivity contribution < 1.29 is 9.53 Å². The van der Waals surface area contributed by atoms with E-state index in [9.17, 15) is 4.79 Å². The Hall–Kier alpha value is -2.54. The van der Waals surface area contributed by atoms with E-state index < -0.39 is 0 Å². The van der Waals surface area contributed by atoms with Crippen molar-refractivity contribution in [3.05, 3.63) is 42.5 Å². The first-order valence-corrected chi connectivity index (χ1v) is 6.94. The number of carbonyl (C=O) groups is 1. The van der Waals surface area contributed by atoms with Crippen molar-refractivity contribution in [2.75, 3.05) is 20.2 Å². The Morgan fingerprint density at radius 3 is 2.81 bits per heavy atom. The number of hydrogen-bond acceptors (Lipinski definition) is 3. The van der Waals surface area contributed by atoms with Crippen molar-refractivity contribution in [2.45, 2.75) is 12.8 Å². The molecular weight excluding hydrogens is 264 g/mol. The van der Waals surface area contributed by atoms with Gasteiger partial charge < -0.3 is 9.64 Å². The van der Waals surface area contributed by atoms with Gasteiger partial charge in [-0.25, -0.2) is 0 Å². The highest BCUT2D eigenvalue weighted by Gasteiger charge is 2.09. The summed E-state index contributed by atoms with van der Waals surface area (Å²) in [7, 11) is 1.71. The summed E-state index contributed by atoms with van der Waals surface area (Å²) < 4.78 is 5.73. The number of carbonyl (C=O) groups excluding carboxylic acids is 1. The van der Waals surface area contributed by atoms with E-state index in [-0.39, 0.29) is 5.91 Å². The fraction of sp³-hybridized carbons (Fsp3) is 0.294. The van der Waals surface area contributed by atoms with Gasteiger partial charge in [-0.2, -0.15) is 5.26 Å². The van der Waals surface area contributed by atoms with Crippen LogP contribution >= 0.6 is 0 Å². The van der Waals surface area contributed by atoms with Gasteiger partial charge in [0.05, 0.1) is 25.5 Å². The Kier molecular flexibility index (Phi) is 5.16. The van der Waals surface area contributed by atoms with E-state index >= 15 is 0 Å². The van der Waals surface area contributed by atoms with Crippen molar-refractivity contribution in [3.63, 3.8) is 0 Å². The van der Waals surface area contributed by atoms with Crippen LogP contribution in [-0.2, 0) is 4.79 Å². The fourth-order valence-corrected chi connectivity index (χ4v) is 2.10. The zero-order chi connectivity index (χ0) is 15.1. The standard InChI is InChI=1S/C17H18N2O2/c1-19(12-5-11-18)17(20)10-13-21-16-9-4-7-14-6-2-3-8-15(14)16/h2-4,6-9H,5,10,12-13H2,1H3. The summed E-state index contributed by atoms with van der Waals surface area (Å²) in [5.41, 5.74) is 0. The fourth-order valence-electron chi connectivity index (χ4n) is 2.10. The molecule has 0 N–H and O–H groups in total. The second-order valence-corrected chi connectivity index (χ2v) is 4.80. The monoisotopic (exact) mass is 282 g/mol. The molecule has 0 bridgehead atoms. The van der Waals surface area contributed by atoms with Gasteiger partial charge in [0.25, 0.3) is 0 Å².